The van der Waals surface area contributed by atoms with Gasteiger partial charge in [-0.2, -0.15) is 0 Å². The summed E-state index contributed by atoms with van der Waals surface area (Å²) in [6, 6.07) is 11.7. The monoisotopic (exact) mass is 337 g/mol. The molecule has 1 N–H and O–H groups in total. The number of amides is 1. The van der Waals surface area contributed by atoms with Crippen LogP contribution in [-0.4, -0.2) is 20.6 Å². The maximum atomic E-state index is 12.1. The molecule has 1 amide bonds. The number of nitrogens with one attached hydrogen (secondary N) is 1. The molecule has 22 heavy (non-hydrogen) atoms. The van der Waals surface area contributed by atoms with E-state index >= 15 is 0 Å². The average Bonchev–Trinajstić information content (AvgIpc) is 2.42. The molecule has 0 aliphatic heterocycles. The summed E-state index contributed by atoms with van der Waals surface area (Å²) in [4.78, 5) is 12.3. The van der Waals surface area contributed by atoms with Gasteiger partial charge in [0.25, 0.3) is 0 Å². The van der Waals surface area contributed by atoms with Gasteiger partial charge < -0.3 is 5.32 Å². The van der Waals surface area contributed by atoms with E-state index in [1.165, 1.54) is 6.07 Å². The summed E-state index contributed by atoms with van der Waals surface area (Å²) in [5.74, 6) is -0.295. The van der Waals surface area contributed by atoms with Crippen molar-refractivity contribution < 1.29 is 13.2 Å². The van der Waals surface area contributed by atoms with Crippen LogP contribution in [0, 0.1) is 6.92 Å². The number of hydrogen-bond donors (Lipinski definition) is 1. The van der Waals surface area contributed by atoms with Gasteiger partial charge in [-0.25, -0.2) is 8.42 Å². The molecule has 0 saturated carbocycles. The van der Waals surface area contributed by atoms with Crippen LogP contribution in [0.25, 0.3) is 0 Å². The SMILES string of the molecule is Cc1ccc(NC(=O)Cc2ccccc2S(C)(=O)=O)cc1Cl. The van der Waals surface area contributed by atoms with E-state index in [-0.39, 0.29) is 17.2 Å². The van der Waals surface area contributed by atoms with Crippen LogP contribution in [0.5, 0.6) is 0 Å². The van der Waals surface area contributed by atoms with Gasteiger partial charge in [0, 0.05) is 17.0 Å². The van der Waals surface area contributed by atoms with E-state index in [2.05, 4.69) is 5.32 Å². The Morgan fingerprint density at radius 2 is 1.86 bits per heavy atom. The number of aryl methyl sites for hydroxylation is 1. The van der Waals surface area contributed by atoms with Gasteiger partial charge in [0.05, 0.1) is 11.3 Å². The van der Waals surface area contributed by atoms with Crippen LogP contribution in [0.4, 0.5) is 5.69 Å². The summed E-state index contributed by atoms with van der Waals surface area (Å²) in [5, 5.41) is 3.28. The molecule has 2 aromatic carbocycles. The smallest absolute Gasteiger partial charge is 0.228 e. The molecule has 0 heterocycles. The molecule has 0 radical (unpaired) electrons. The molecule has 0 bridgehead atoms. The van der Waals surface area contributed by atoms with Crippen LogP contribution < -0.4 is 5.32 Å². The van der Waals surface area contributed by atoms with Crippen molar-refractivity contribution in [2.45, 2.75) is 18.2 Å². The first-order chi connectivity index (χ1) is 10.3. The second kappa shape index (κ2) is 6.50. The van der Waals surface area contributed by atoms with Crippen molar-refractivity contribution in [1.82, 2.24) is 0 Å². The molecule has 0 fully saturated rings. The predicted octanol–water partition coefficient (Wildman–Crippen LogP) is 3.23. The third-order valence-electron chi connectivity index (χ3n) is 3.18. The lowest BCUT2D eigenvalue weighted by molar-refractivity contribution is -0.115. The van der Waals surface area contributed by atoms with Crippen molar-refractivity contribution in [2.75, 3.05) is 11.6 Å². The third-order valence-corrected chi connectivity index (χ3v) is 4.78. The van der Waals surface area contributed by atoms with Crippen LogP contribution in [0.1, 0.15) is 11.1 Å². The van der Waals surface area contributed by atoms with Gasteiger partial charge in [0.2, 0.25) is 5.91 Å². The van der Waals surface area contributed by atoms with Gasteiger partial charge in [0.1, 0.15) is 0 Å². The predicted molar refractivity (Wildman–Crippen MR) is 88.1 cm³/mol. The maximum Gasteiger partial charge on any atom is 0.228 e. The Morgan fingerprint density at radius 3 is 2.50 bits per heavy atom. The van der Waals surface area contributed by atoms with Crippen molar-refractivity contribution in [3.63, 3.8) is 0 Å². The Labute approximate surface area is 135 Å². The zero-order valence-corrected chi connectivity index (χ0v) is 13.8. The van der Waals surface area contributed by atoms with Crippen molar-refractivity contribution in [1.29, 1.82) is 0 Å². The summed E-state index contributed by atoms with van der Waals surface area (Å²) >= 11 is 6.01. The highest BCUT2D eigenvalue weighted by atomic mass is 35.5. The fourth-order valence-corrected chi connectivity index (χ4v) is 3.18. The Bertz CT molecular complexity index is 816. The Kier molecular flexibility index (Phi) is 4.88. The van der Waals surface area contributed by atoms with Crippen molar-refractivity contribution in [3.05, 3.63) is 58.6 Å². The summed E-state index contributed by atoms with van der Waals surface area (Å²) in [6.45, 7) is 1.87. The molecule has 4 nitrogen and oxygen atoms in total. The van der Waals surface area contributed by atoms with Crippen LogP contribution in [-0.2, 0) is 21.1 Å². The second-order valence-corrected chi connectivity index (χ2v) is 7.46. The molecule has 0 spiro atoms. The van der Waals surface area contributed by atoms with E-state index < -0.39 is 9.84 Å². The topological polar surface area (TPSA) is 63.2 Å². The van der Waals surface area contributed by atoms with Crippen LogP contribution in [0.3, 0.4) is 0 Å². The second-order valence-electron chi connectivity index (χ2n) is 5.07. The number of halogens is 1. The lowest BCUT2D eigenvalue weighted by atomic mass is 10.1. The molecule has 2 rings (SSSR count). The maximum absolute atomic E-state index is 12.1. The van der Waals surface area contributed by atoms with E-state index in [1.807, 2.05) is 13.0 Å². The minimum absolute atomic E-state index is 0.0191. The van der Waals surface area contributed by atoms with Gasteiger partial charge in [-0.15, -0.1) is 0 Å². The molecule has 116 valence electrons. The minimum Gasteiger partial charge on any atom is -0.326 e. The van der Waals surface area contributed by atoms with Crippen LogP contribution in [0.2, 0.25) is 5.02 Å². The van der Waals surface area contributed by atoms with E-state index in [9.17, 15) is 13.2 Å². The molecular weight excluding hydrogens is 322 g/mol. The standard InChI is InChI=1S/C16H16ClNO3S/c1-11-7-8-13(10-14(11)17)18-16(19)9-12-5-3-4-6-15(12)22(2,20)21/h3-8,10H,9H2,1-2H3,(H,18,19). The summed E-state index contributed by atoms with van der Waals surface area (Å²) in [5.41, 5.74) is 1.97. The molecule has 2 aromatic rings. The van der Waals surface area contributed by atoms with E-state index in [0.717, 1.165) is 11.8 Å². The highest BCUT2D eigenvalue weighted by Gasteiger charge is 2.15. The van der Waals surface area contributed by atoms with Gasteiger partial charge in [-0.05, 0) is 36.2 Å². The van der Waals surface area contributed by atoms with Crippen molar-refractivity contribution in [2.24, 2.45) is 0 Å². The quantitative estimate of drug-likeness (QED) is 0.931. The van der Waals surface area contributed by atoms with Gasteiger partial charge in [0.15, 0.2) is 9.84 Å². The molecule has 6 heteroatoms. The molecular formula is C16H16ClNO3S. The summed E-state index contributed by atoms with van der Waals surface area (Å²) in [7, 11) is -3.37. The molecule has 0 unspecified atom stereocenters. The molecule has 0 saturated heterocycles. The van der Waals surface area contributed by atoms with Crippen molar-refractivity contribution in [3.8, 4) is 0 Å². The first kappa shape index (κ1) is 16.5. The van der Waals surface area contributed by atoms with Gasteiger partial charge in [-0.1, -0.05) is 35.9 Å². The molecule has 0 atom stereocenters. The van der Waals surface area contributed by atoms with Crippen LogP contribution in [0.15, 0.2) is 47.4 Å². The third kappa shape index (κ3) is 4.08. The van der Waals surface area contributed by atoms with E-state index in [1.54, 1.807) is 30.3 Å². The Hall–Kier alpha value is -1.85. The fraction of sp³-hybridized carbons (Fsp3) is 0.188. The Morgan fingerprint density at radius 1 is 1.18 bits per heavy atom. The lowest BCUT2D eigenvalue weighted by Crippen LogP contribution is -2.16. The van der Waals surface area contributed by atoms with Crippen molar-refractivity contribution >= 4 is 33.0 Å². The molecule has 0 aliphatic carbocycles. The first-order valence-corrected chi connectivity index (χ1v) is 8.88. The number of hydrogen-bond acceptors (Lipinski definition) is 3. The number of sulfone groups is 1. The number of carbonyl (C=O) groups excluding carboxylic acids is 1. The number of carbonyl (C=O) groups is 1. The van der Waals surface area contributed by atoms with Crippen LogP contribution >= 0.6 is 11.6 Å². The first-order valence-electron chi connectivity index (χ1n) is 6.61. The highest BCUT2D eigenvalue weighted by Crippen LogP contribution is 2.21. The van der Waals surface area contributed by atoms with Gasteiger partial charge in [-0.3, -0.25) is 4.79 Å². The normalized spacial score (nSPS) is 11.2. The van der Waals surface area contributed by atoms with Gasteiger partial charge >= 0.3 is 0 Å². The largest absolute Gasteiger partial charge is 0.326 e. The summed E-state index contributed by atoms with van der Waals surface area (Å²) in [6.07, 6.45) is 1.11. The number of anilines is 1. The zero-order valence-electron chi connectivity index (χ0n) is 12.3. The minimum atomic E-state index is -3.37. The number of rotatable bonds is 4. The number of benzene rings is 2. The van der Waals surface area contributed by atoms with E-state index in [4.69, 9.17) is 11.6 Å². The average molecular weight is 338 g/mol. The highest BCUT2D eigenvalue weighted by molar-refractivity contribution is 7.90. The Balaban J connectivity index is 2.18. The summed E-state index contributed by atoms with van der Waals surface area (Å²) < 4.78 is 23.5. The fourth-order valence-electron chi connectivity index (χ4n) is 2.06. The molecule has 0 aromatic heterocycles. The molecule has 0 aliphatic rings. The van der Waals surface area contributed by atoms with E-state index in [0.29, 0.717) is 16.3 Å². The lowest BCUT2D eigenvalue weighted by Gasteiger charge is -2.09. The zero-order chi connectivity index (χ0) is 16.3.